The number of ether oxygens (including phenoxy) is 2. The van der Waals surface area contributed by atoms with Crippen LogP contribution in [0.15, 0.2) is 42.0 Å². The van der Waals surface area contributed by atoms with E-state index in [0.717, 1.165) is 47.5 Å². The molecule has 0 saturated carbocycles. The second-order valence-electron chi connectivity index (χ2n) is 8.34. The third-order valence-electron chi connectivity index (χ3n) is 6.02. The Kier molecular flexibility index (Phi) is 5.60. The lowest BCUT2D eigenvalue weighted by molar-refractivity contribution is -0.0749. The van der Waals surface area contributed by atoms with Crippen LogP contribution in [-0.2, 0) is 9.47 Å². The van der Waals surface area contributed by atoms with Gasteiger partial charge in [-0.15, -0.1) is 11.3 Å². The number of thiophene rings is 1. The van der Waals surface area contributed by atoms with Gasteiger partial charge in [-0.25, -0.2) is 9.97 Å². The molecule has 2 aliphatic heterocycles. The zero-order chi connectivity index (χ0) is 21.3. The SMILES string of the molecule is Cc1ccc(C(=O)NC[C@H]2CC[C@]3(COCCN(c4ncnc5ccsc45)C3)O2)cc1. The molecule has 0 bridgehead atoms. The number of nitrogens with one attached hydrogen (secondary N) is 1. The summed E-state index contributed by atoms with van der Waals surface area (Å²) in [5.41, 5.74) is 2.40. The van der Waals surface area contributed by atoms with Crippen LogP contribution in [0.5, 0.6) is 0 Å². The average molecular weight is 439 g/mol. The summed E-state index contributed by atoms with van der Waals surface area (Å²) in [4.78, 5) is 23.7. The minimum absolute atomic E-state index is 0.0231. The fourth-order valence-electron chi connectivity index (χ4n) is 4.36. The highest BCUT2D eigenvalue weighted by Gasteiger charge is 2.43. The van der Waals surface area contributed by atoms with Gasteiger partial charge in [0.2, 0.25) is 0 Å². The maximum absolute atomic E-state index is 12.5. The number of hydrogen-bond acceptors (Lipinski definition) is 7. The van der Waals surface area contributed by atoms with E-state index in [1.165, 1.54) is 0 Å². The van der Waals surface area contributed by atoms with Gasteiger partial charge in [-0.1, -0.05) is 17.7 Å². The topological polar surface area (TPSA) is 76.6 Å². The first-order valence-electron chi connectivity index (χ1n) is 10.7. The van der Waals surface area contributed by atoms with Crippen LogP contribution < -0.4 is 10.2 Å². The standard InChI is InChI=1S/C23H26N4O3S/c1-16-2-4-17(5-3-16)22(28)24-12-18-6-8-23(30-18)13-27(9-10-29-14-23)21-20-19(7-11-31-20)25-15-26-21/h2-5,7,11,15,18H,6,8-10,12-14H2,1H3,(H,24,28)/t18-,23+/m1/s1. The van der Waals surface area contributed by atoms with Crippen molar-refractivity contribution < 1.29 is 14.3 Å². The van der Waals surface area contributed by atoms with Crippen molar-refractivity contribution in [3.05, 3.63) is 53.2 Å². The molecular weight excluding hydrogens is 412 g/mol. The van der Waals surface area contributed by atoms with E-state index >= 15 is 0 Å². The highest BCUT2D eigenvalue weighted by atomic mass is 32.1. The summed E-state index contributed by atoms with van der Waals surface area (Å²) in [6.45, 7) is 5.19. The van der Waals surface area contributed by atoms with Crippen molar-refractivity contribution in [3.63, 3.8) is 0 Å². The number of nitrogens with zero attached hydrogens (tertiary/aromatic N) is 3. The van der Waals surface area contributed by atoms with Crippen LogP contribution >= 0.6 is 11.3 Å². The summed E-state index contributed by atoms with van der Waals surface area (Å²) in [7, 11) is 0. The van der Waals surface area contributed by atoms with Crippen molar-refractivity contribution >= 4 is 33.3 Å². The second kappa shape index (κ2) is 8.53. The van der Waals surface area contributed by atoms with E-state index in [2.05, 4.69) is 20.2 Å². The van der Waals surface area contributed by atoms with E-state index in [-0.39, 0.29) is 17.6 Å². The number of anilines is 1. The maximum Gasteiger partial charge on any atom is 0.251 e. The highest BCUT2D eigenvalue weighted by Crippen LogP contribution is 2.36. The Balaban J connectivity index is 1.25. The van der Waals surface area contributed by atoms with Crippen LogP contribution in [0.1, 0.15) is 28.8 Å². The fraction of sp³-hybridized carbons (Fsp3) is 0.435. The van der Waals surface area contributed by atoms with Crippen LogP contribution in [0.3, 0.4) is 0 Å². The van der Waals surface area contributed by atoms with E-state index in [1.807, 2.05) is 42.6 Å². The highest BCUT2D eigenvalue weighted by molar-refractivity contribution is 7.17. The van der Waals surface area contributed by atoms with E-state index in [0.29, 0.717) is 25.3 Å². The zero-order valence-corrected chi connectivity index (χ0v) is 18.4. The smallest absolute Gasteiger partial charge is 0.251 e. The fourth-order valence-corrected chi connectivity index (χ4v) is 5.22. The maximum atomic E-state index is 12.5. The lowest BCUT2D eigenvalue weighted by atomic mass is 10.00. The van der Waals surface area contributed by atoms with Crippen molar-refractivity contribution in [1.82, 2.24) is 15.3 Å². The number of carbonyl (C=O) groups is 1. The molecular formula is C23H26N4O3S. The molecule has 31 heavy (non-hydrogen) atoms. The number of hydrogen-bond donors (Lipinski definition) is 1. The Morgan fingerprint density at radius 3 is 3.03 bits per heavy atom. The van der Waals surface area contributed by atoms with Gasteiger partial charge in [0, 0.05) is 18.7 Å². The van der Waals surface area contributed by atoms with Crippen LogP contribution in [0.2, 0.25) is 0 Å². The molecule has 1 amide bonds. The van der Waals surface area contributed by atoms with E-state index in [1.54, 1.807) is 17.7 Å². The molecule has 1 spiro atoms. The number of carbonyl (C=O) groups excluding carboxylic acids is 1. The minimum atomic E-state index is -0.385. The van der Waals surface area contributed by atoms with Crippen LogP contribution in [0, 0.1) is 6.92 Å². The molecule has 0 aliphatic carbocycles. The van der Waals surface area contributed by atoms with Crippen LogP contribution in [0.4, 0.5) is 5.82 Å². The third-order valence-corrected chi connectivity index (χ3v) is 6.92. The first-order chi connectivity index (χ1) is 15.1. The predicted octanol–water partition coefficient (Wildman–Crippen LogP) is 3.18. The summed E-state index contributed by atoms with van der Waals surface area (Å²) in [6, 6.07) is 9.63. The van der Waals surface area contributed by atoms with Crippen molar-refractivity contribution in [2.75, 3.05) is 37.7 Å². The van der Waals surface area contributed by atoms with E-state index < -0.39 is 0 Å². The zero-order valence-electron chi connectivity index (χ0n) is 17.5. The molecule has 8 heteroatoms. The van der Waals surface area contributed by atoms with Gasteiger partial charge in [0.25, 0.3) is 5.91 Å². The molecule has 7 nitrogen and oxygen atoms in total. The van der Waals surface area contributed by atoms with Crippen molar-refractivity contribution in [3.8, 4) is 0 Å². The molecule has 2 aromatic heterocycles. The van der Waals surface area contributed by atoms with Crippen molar-refractivity contribution in [2.45, 2.75) is 31.5 Å². The van der Waals surface area contributed by atoms with Gasteiger partial charge in [0.15, 0.2) is 0 Å². The van der Waals surface area contributed by atoms with Crippen molar-refractivity contribution in [2.24, 2.45) is 0 Å². The average Bonchev–Trinajstić information content (AvgIpc) is 3.36. The molecule has 1 N–H and O–H groups in total. The molecule has 2 aliphatic rings. The number of fused-ring (bicyclic) bond motifs is 1. The number of benzene rings is 1. The van der Waals surface area contributed by atoms with Crippen LogP contribution in [-0.4, -0.2) is 60.4 Å². The lowest BCUT2D eigenvalue weighted by Crippen LogP contribution is -2.45. The molecule has 2 fully saturated rings. The van der Waals surface area contributed by atoms with E-state index in [9.17, 15) is 4.79 Å². The summed E-state index contributed by atoms with van der Waals surface area (Å²) < 4.78 is 13.5. The molecule has 162 valence electrons. The summed E-state index contributed by atoms with van der Waals surface area (Å²) in [5, 5.41) is 5.07. The lowest BCUT2D eigenvalue weighted by Gasteiger charge is -2.32. The molecule has 2 atom stereocenters. The van der Waals surface area contributed by atoms with Gasteiger partial charge in [0.1, 0.15) is 17.7 Å². The number of aromatic nitrogens is 2. The summed E-state index contributed by atoms with van der Waals surface area (Å²) >= 11 is 1.66. The Bertz CT molecular complexity index is 1070. The van der Waals surface area contributed by atoms with Gasteiger partial charge in [-0.2, -0.15) is 0 Å². The van der Waals surface area contributed by atoms with Crippen molar-refractivity contribution in [1.29, 1.82) is 0 Å². The third kappa shape index (κ3) is 4.28. The first-order valence-corrected chi connectivity index (χ1v) is 11.5. The summed E-state index contributed by atoms with van der Waals surface area (Å²) in [6.07, 6.45) is 3.39. The molecule has 0 radical (unpaired) electrons. The quantitative estimate of drug-likeness (QED) is 0.674. The largest absolute Gasteiger partial charge is 0.377 e. The van der Waals surface area contributed by atoms with Gasteiger partial charge in [0.05, 0.1) is 36.1 Å². The molecule has 5 rings (SSSR count). The number of amides is 1. The Hall–Kier alpha value is -2.55. The molecule has 3 aromatic rings. The monoisotopic (exact) mass is 438 g/mol. The molecule has 0 unspecified atom stereocenters. The molecule has 4 heterocycles. The van der Waals surface area contributed by atoms with E-state index in [4.69, 9.17) is 9.47 Å². The number of aryl methyl sites for hydroxylation is 1. The molecule has 1 aromatic carbocycles. The predicted molar refractivity (Wildman–Crippen MR) is 121 cm³/mol. The van der Waals surface area contributed by atoms with Gasteiger partial charge >= 0.3 is 0 Å². The molecule has 2 saturated heterocycles. The van der Waals surface area contributed by atoms with Gasteiger partial charge in [-0.05, 0) is 43.3 Å². The Morgan fingerprint density at radius 1 is 1.29 bits per heavy atom. The van der Waals surface area contributed by atoms with Crippen LogP contribution in [0.25, 0.3) is 10.2 Å². The minimum Gasteiger partial charge on any atom is -0.377 e. The number of rotatable bonds is 4. The van der Waals surface area contributed by atoms with Gasteiger partial charge < -0.3 is 19.7 Å². The first kappa shape index (κ1) is 20.4. The summed E-state index contributed by atoms with van der Waals surface area (Å²) in [5.74, 6) is 0.883. The normalized spacial score (nSPS) is 23.9. The second-order valence-corrected chi connectivity index (χ2v) is 9.26. The Morgan fingerprint density at radius 2 is 2.16 bits per heavy atom. The van der Waals surface area contributed by atoms with Gasteiger partial charge in [-0.3, -0.25) is 4.79 Å². The Labute approximate surface area is 185 Å².